The van der Waals surface area contributed by atoms with Gasteiger partial charge >= 0.3 is 24.1 Å². The van der Waals surface area contributed by atoms with Gasteiger partial charge in [-0.05, 0) is 55.0 Å². The molecule has 0 aliphatic carbocycles. The molecule has 2 rings (SSSR count). The molecule has 0 amide bonds. The molecule has 224 valence electrons. The Morgan fingerprint density at radius 2 is 1.27 bits per heavy atom. The zero-order valence-corrected chi connectivity index (χ0v) is 24.7. The highest BCUT2D eigenvalue weighted by molar-refractivity contribution is 5.79. The number of nitrogens with two attached hydrogens (primary N) is 1. The number of rotatable bonds is 13. The number of esters is 3. The molecule has 0 bridgehead atoms. The average Bonchev–Trinajstić information content (AvgIpc) is 2.92. The van der Waals surface area contributed by atoms with Crippen LogP contribution in [0.2, 0.25) is 0 Å². The normalized spacial score (nSPS) is 14.0. The van der Waals surface area contributed by atoms with Gasteiger partial charge in [-0.15, -0.1) is 0 Å². The number of hydrogen-bond acceptors (Lipinski definition) is 10. The maximum absolute atomic E-state index is 12.7. The highest BCUT2D eigenvalue weighted by atomic mass is 16.7. The smallest absolute Gasteiger partial charge is 0.461 e. The monoisotopic (exact) mass is 571 g/mol. The zero-order valence-electron chi connectivity index (χ0n) is 24.7. The van der Waals surface area contributed by atoms with Gasteiger partial charge < -0.3 is 29.4 Å². The van der Waals surface area contributed by atoms with E-state index >= 15 is 0 Å². The van der Waals surface area contributed by atoms with Gasteiger partial charge in [0, 0.05) is 0 Å². The van der Waals surface area contributed by atoms with Gasteiger partial charge in [-0.1, -0.05) is 65.8 Å². The molecule has 0 aliphatic rings. The molecule has 0 fully saturated rings. The zero-order chi connectivity index (χ0) is 30.7. The van der Waals surface area contributed by atoms with E-state index in [2.05, 4.69) is 0 Å². The summed E-state index contributed by atoms with van der Waals surface area (Å²) in [6, 6.07) is 12.0. The van der Waals surface area contributed by atoms with E-state index in [1.165, 1.54) is 12.1 Å². The fraction of sp³-hybridized carbons (Fsp3) is 0.484. The first-order valence-electron chi connectivity index (χ1n) is 13.7. The standard InChI is InChI=1S/C31H41NO9/c1-18(2)21(6)28(33)40-26-14-13-23(16-27(26)41-29(34)22(7)19(3)4)15-25(32)30(35)37-17-20(5)38-31(36)39-24-11-9-8-10-12-24/h8-14,16,18-22,25H,15,17,32H2,1-7H3/t20-,21?,22?,25-/m0/s1. The molecule has 41 heavy (non-hydrogen) atoms. The van der Waals surface area contributed by atoms with Crippen molar-refractivity contribution in [1.82, 2.24) is 0 Å². The summed E-state index contributed by atoms with van der Waals surface area (Å²) in [4.78, 5) is 49.7. The summed E-state index contributed by atoms with van der Waals surface area (Å²) >= 11 is 0. The summed E-state index contributed by atoms with van der Waals surface area (Å²) in [5, 5.41) is 0. The largest absolute Gasteiger partial charge is 0.514 e. The molecule has 4 atom stereocenters. The van der Waals surface area contributed by atoms with Gasteiger partial charge in [0.1, 0.15) is 24.5 Å². The molecular formula is C31H41NO9. The molecular weight excluding hydrogens is 530 g/mol. The van der Waals surface area contributed by atoms with Gasteiger partial charge in [-0.2, -0.15) is 0 Å². The number of benzene rings is 2. The van der Waals surface area contributed by atoms with E-state index < -0.39 is 42.1 Å². The molecule has 0 spiro atoms. The SMILES string of the molecule is CC(C)C(C)C(=O)Oc1ccc(C[C@H](N)C(=O)OC[C@H](C)OC(=O)Oc2ccccc2)cc1OC(=O)C(C)C(C)C. The van der Waals surface area contributed by atoms with Crippen LogP contribution in [-0.2, 0) is 30.3 Å². The summed E-state index contributed by atoms with van der Waals surface area (Å²) in [6.07, 6.45) is -1.66. The van der Waals surface area contributed by atoms with Crippen LogP contribution in [0.3, 0.4) is 0 Å². The molecule has 10 heteroatoms. The lowest BCUT2D eigenvalue weighted by Crippen LogP contribution is -2.36. The van der Waals surface area contributed by atoms with Gasteiger partial charge in [0.15, 0.2) is 11.5 Å². The number of carbonyl (C=O) groups excluding carboxylic acids is 4. The Kier molecular flexibility index (Phi) is 12.8. The summed E-state index contributed by atoms with van der Waals surface area (Å²) in [6.45, 7) is 12.4. The van der Waals surface area contributed by atoms with Crippen molar-refractivity contribution in [3.8, 4) is 17.2 Å². The Balaban J connectivity index is 2.03. The summed E-state index contributed by atoms with van der Waals surface area (Å²) in [7, 11) is 0. The van der Waals surface area contributed by atoms with Crippen LogP contribution >= 0.6 is 0 Å². The van der Waals surface area contributed by atoms with Crippen LogP contribution in [0.15, 0.2) is 48.5 Å². The minimum Gasteiger partial charge on any atom is -0.461 e. The molecule has 2 N–H and O–H groups in total. The Bertz CT molecular complexity index is 1180. The van der Waals surface area contributed by atoms with E-state index in [0.29, 0.717) is 11.3 Å². The summed E-state index contributed by atoms with van der Waals surface area (Å²) < 4.78 is 26.5. The highest BCUT2D eigenvalue weighted by Gasteiger charge is 2.25. The fourth-order valence-electron chi connectivity index (χ4n) is 3.24. The number of carbonyl (C=O) groups is 4. The van der Waals surface area contributed by atoms with Crippen LogP contribution in [0.25, 0.3) is 0 Å². The van der Waals surface area contributed by atoms with Crippen LogP contribution in [0.5, 0.6) is 17.2 Å². The average molecular weight is 572 g/mol. The maximum atomic E-state index is 12.7. The minimum absolute atomic E-state index is 0.0346. The quantitative estimate of drug-likeness (QED) is 0.196. The Labute approximate surface area is 241 Å². The third-order valence-corrected chi connectivity index (χ3v) is 6.63. The summed E-state index contributed by atoms with van der Waals surface area (Å²) in [5.74, 6) is -1.85. The second-order valence-corrected chi connectivity index (χ2v) is 10.7. The first-order valence-corrected chi connectivity index (χ1v) is 13.7. The lowest BCUT2D eigenvalue weighted by atomic mass is 9.98. The predicted molar refractivity (Wildman–Crippen MR) is 151 cm³/mol. The number of ether oxygens (including phenoxy) is 5. The third-order valence-electron chi connectivity index (χ3n) is 6.63. The van der Waals surface area contributed by atoms with Crippen molar-refractivity contribution in [3.05, 3.63) is 54.1 Å². The predicted octanol–water partition coefficient (Wildman–Crippen LogP) is 5.10. The number of para-hydroxylation sites is 1. The maximum Gasteiger partial charge on any atom is 0.514 e. The Hall–Kier alpha value is -3.92. The first-order chi connectivity index (χ1) is 19.3. The van der Waals surface area contributed by atoms with Crippen LogP contribution in [0.1, 0.15) is 54.0 Å². The van der Waals surface area contributed by atoms with Gasteiger partial charge in [0.05, 0.1) is 11.8 Å². The molecule has 0 saturated carbocycles. The molecule has 2 unspecified atom stereocenters. The highest BCUT2D eigenvalue weighted by Crippen LogP contribution is 2.31. The van der Waals surface area contributed by atoms with Gasteiger partial charge in [-0.25, -0.2) is 4.79 Å². The molecule has 0 radical (unpaired) electrons. The van der Waals surface area contributed by atoms with Crippen LogP contribution in [0, 0.1) is 23.7 Å². The van der Waals surface area contributed by atoms with Crippen LogP contribution in [-0.4, -0.2) is 42.8 Å². The lowest BCUT2D eigenvalue weighted by Gasteiger charge is -2.19. The van der Waals surface area contributed by atoms with E-state index in [1.54, 1.807) is 57.2 Å². The van der Waals surface area contributed by atoms with Crippen molar-refractivity contribution >= 4 is 24.1 Å². The summed E-state index contributed by atoms with van der Waals surface area (Å²) in [5.41, 5.74) is 6.63. The van der Waals surface area contributed by atoms with Crippen LogP contribution in [0.4, 0.5) is 4.79 Å². The van der Waals surface area contributed by atoms with Crippen molar-refractivity contribution in [2.45, 2.75) is 67.0 Å². The van der Waals surface area contributed by atoms with E-state index in [1.807, 2.05) is 27.7 Å². The van der Waals surface area contributed by atoms with Crippen molar-refractivity contribution in [2.75, 3.05) is 6.61 Å². The second-order valence-electron chi connectivity index (χ2n) is 10.7. The molecule has 0 saturated heterocycles. The van der Waals surface area contributed by atoms with Crippen molar-refractivity contribution in [1.29, 1.82) is 0 Å². The molecule has 0 heterocycles. The van der Waals surface area contributed by atoms with Crippen LogP contribution < -0.4 is 19.9 Å². The van der Waals surface area contributed by atoms with Crippen molar-refractivity contribution in [3.63, 3.8) is 0 Å². The van der Waals surface area contributed by atoms with Crippen molar-refractivity contribution in [2.24, 2.45) is 29.4 Å². The molecule has 0 aromatic heterocycles. The third kappa shape index (κ3) is 10.9. The minimum atomic E-state index is -1.06. The van der Waals surface area contributed by atoms with E-state index in [0.717, 1.165) is 0 Å². The fourth-order valence-corrected chi connectivity index (χ4v) is 3.24. The Morgan fingerprint density at radius 1 is 0.707 bits per heavy atom. The van der Waals surface area contributed by atoms with E-state index in [4.69, 9.17) is 29.4 Å². The second kappa shape index (κ2) is 15.8. The molecule has 10 nitrogen and oxygen atoms in total. The molecule has 0 aliphatic heterocycles. The first kappa shape index (κ1) is 33.3. The van der Waals surface area contributed by atoms with Gasteiger partial charge in [0.2, 0.25) is 0 Å². The number of hydrogen-bond donors (Lipinski definition) is 1. The topological polar surface area (TPSA) is 140 Å². The van der Waals surface area contributed by atoms with E-state index in [-0.39, 0.29) is 42.3 Å². The molecule has 2 aromatic carbocycles. The molecule has 2 aromatic rings. The van der Waals surface area contributed by atoms with Gasteiger partial charge in [0.25, 0.3) is 0 Å². The lowest BCUT2D eigenvalue weighted by molar-refractivity contribution is -0.148. The van der Waals surface area contributed by atoms with Crippen molar-refractivity contribution < 1.29 is 42.9 Å². The van der Waals surface area contributed by atoms with E-state index in [9.17, 15) is 19.2 Å². The Morgan fingerprint density at radius 3 is 1.83 bits per heavy atom. The van der Waals surface area contributed by atoms with Gasteiger partial charge in [-0.3, -0.25) is 14.4 Å².